The van der Waals surface area contributed by atoms with Gasteiger partial charge in [-0.3, -0.25) is 0 Å². The van der Waals surface area contributed by atoms with Crippen molar-refractivity contribution in [3.63, 3.8) is 0 Å². The minimum absolute atomic E-state index is 0.229. The second-order valence-electron chi connectivity index (χ2n) is 4.60. The fourth-order valence-electron chi connectivity index (χ4n) is 2.17. The van der Waals surface area contributed by atoms with Crippen molar-refractivity contribution in [1.82, 2.24) is 5.32 Å². The Bertz CT molecular complexity index is 423. The van der Waals surface area contributed by atoms with Crippen LogP contribution in [-0.2, 0) is 12.6 Å². The quantitative estimate of drug-likeness (QED) is 0.845. The van der Waals surface area contributed by atoms with E-state index in [-0.39, 0.29) is 6.04 Å². The maximum atomic E-state index is 12.6. The molecule has 1 aliphatic heterocycles. The smallest absolute Gasteiger partial charge is 0.388 e. The molecule has 1 aromatic carbocycles. The van der Waals surface area contributed by atoms with Gasteiger partial charge in [0.1, 0.15) is 0 Å². The van der Waals surface area contributed by atoms with Gasteiger partial charge >= 0.3 is 6.18 Å². The summed E-state index contributed by atoms with van der Waals surface area (Å²) in [6.45, 7) is 0. The number of nitrogens with one attached hydrogen (secondary N) is 1. The van der Waals surface area contributed by atoms with E-state index in [4.69, 9.17) is 0 Å². The SMILES string of the molecule is FC(F)(F)c1cccc(CC2CCCC=CN2)c1. The molecule has 0 aromatic heterocycles. The number of hydrogen-bond donors (Lipinski definition) is 1. The Morgan fingerprint density at radius 2 is 2.11 bits per heavy atom. The zero-order valence-electron chi connectivity index (χ0n) is 10.0. The molecule has 1 atom stereocenters. The van der Waals surface area contributed by atoms with Crippen LogP contribution in [0, 0.1) is 0 Å². The first-order valence-electron chi connectivity index (χ1n) is 6.13. The molecule has 1 nitrogen and oxygen atoms in total. The molecule has 0 radical (unpaired) electrons. The Morgan fingerprint density at radius 3 is 2.89 bits per heavy atom. The first-order chi connectivity index (χ1) is 8.55. The average Bonchev–Trinajstić information content (AvgIpc) is 2.57. The third-order valence-electron chi connectivity index (χ3n) is 3.11. The molecule has 1 unspecified atom stereocenters. The normalized spacial score (nSPS) is 20.3. The summed E-state index contributed by atoms with van der Waals surface area (Å²) in [7, 11) is 0. The number of alkyl halides is 3. The van der Waals surface area contributed by atoms with Crippen LogP contribution in [0.15, 0.2) is 36.5 Å². The third kappa shape index (κ3) is 3.52. The van der Waals surface area contributed by atoms with E-state index in [1.54, 1.807) is 6.07 Å². The Balaban J connectivity index is 2.07. The fraction of sp³-hybridized carbons (Fsp3) is 0.429. The van der Waals surface area contributed by atoms with Crippen LogP contribution >= 0.6 is 0 Å². The molecule has 0 bridgehead atoms. The van der Waals surface area contributed by atoms with Gasteiger partial charge in [0.2, 0.25) is 0 Å². The summed E-state index contributed by atoms with van der Waals surface area (Å²) >= 11 is 0. The second kappa shape index (κ2) is 5.46. The summed E-state index contributed by atoms with van der Waals surface area (Å²) < 4.78 is 37.8. The van der Waals surface area contributed by atoms with E-state index >= 15 is 0 Å². The lowest BCUT2D eigenvalue weighted by molar-refractivity contribution is -0.137. The summed E-state index contributed by atoms with van der Waals surface area (Å²) in [6, 6.07) is 5.82. The predicted molar refractivity (Wildman–Crippen MR) is 65.1 cm³/mol. The van der Waals surface area contributed by atoms with E-state index in [0.717, 1.165) is 30.9 Å². The van der Waals surface area contributed by atoms with Crippen molar-refractivity contribution in [3.8, 4) is 0 Å². The highest BCUT2D eigenvalue weighted by Gasteiger charge is 2.30. The van der Waals surface area contributed by atoms with Gasteiger partial charge in [0.15, 0.2) is 0 Å². The van der Waals surface area contributed by atoms with Crippen LogP contribution in [0.3, 0.4) is 0 Å². The van der Waals surface area contributed by atoms with Gasteiger partial charge < -0.3 is 5.32 Å². The molecular formula is C14H16F3N. The van der Waals surface area contributed by atoms with Gasteiger partial charge in [0, 0.05) is 6.04 Å². The van der Waals surface area contributed by atoms with Gasteiger partial charge in [-0.15, -0.1) is 0 Å². The Kier molecular flexibility index (Phi) is 3.94. The highest BCUT2D eigenvalue weighted by Crippen LogP contribution is 2.29. The first-order valence-corrected chi connectivity index (χ1v) is 6.13. The van der Waals surface area contributed by atoms with Crippen molar-refractivity contribution in [3.05, 3.63) is 47.7 Å². The van der Waals surface area contributed by atoms with Crippen LogP contribution in [0.4, 0.5) is 13.2 Å². The van der Waals surface area contributed by atoms with Crippen LogP contribution in [0.1, 0.15) is 30.4 Å². The van der Waals surface area contributed by atoms with E-state index in [9.17, 15) is 13.2 Å². The van der Waals surface area contributed by atoms with Crippen LogP contribution in [0.25, 0.3) is 0 Å². The third-order valence-corrected chi connectivity index (χ3v) is 3.11. The minimum atomic E-state index is -4.26. The maximum absolute atomic E-state index is 12.6. The molecule has 0 amide bonds. The zero-order chi connectivity index (χ0) is 13.0. The van der Waals surface area contributed by atoms with Crippen molar-refractivity contribution in [1.29, 1.82) is 0 Å². The lowest BCUT2D eigenvalue weighted by Gasteiger charge is -2.16. The summed E-state index contributed by atoms with van der Waals surface area (Å²) in [5.41, 5.74) is 0.168. The van der Waals surface area contributed by atoms with E-state index in [2.05, 4.69) is 11.4 Å². The molecule has 1 aromatic rings. The largest absolute Gasteiger partial charge is 0.416 e. The Labute approximate surface area is 105 Å². The van der Waals surface area contributed by atoms with Gasteiger partial charge in [-0.25, -0.2) is 0 Å². The lowest BCUT2D eigenvalue weighted by atomic mass is 10.00. The van der Waals surface area contributed by atoms with Crippen LogP contribution in [0.5, 0.6) is 0 Å². The Hall–Kier alpha value is -1.45. The standard InChI is InChI=1S/C14H16F3N/c15-14(16,17)12-6-4-5-11(9-12)10-13-7-2-1-3-8-18-13/h3-6,8-9,13,18H,1-2,7,10H2. The highest BCUT2D eigenvalue weighted by molar-refractivity contribution is 5.26. The van der Waals surface area contributed by atoms with Crippen LogP contribution < -0.4 is 5.32 Å². The van der Waals surface area contributed by atoms with Gasteiger partial charge in [-0.1, -0.05) is 24.3 Å². The van der Waals surface area contributed by atoms with E-state index < -0.39 is 11.7 Å². The van der Waals surface area contributed by atoms with Gasteiger partial charge in [-0.05, 0) is 43.5 Å². The molecule has 1 N–H and O–H groups in total. The molecular weight excluding hydrogens is 239 g/mol. The topological polar surface area (TPSA) is 12.0 Å². The molecule has 1 aliphatic rings. The van der Waals surface area contributed by atoms with Crippen molar-refractivity contribution in [2.75, 3.05) is 0 Å². The molecule has 2 rings (SSSR count). The highest BCUT2D eigenvalue weighted by atomic mass is 19.4. The van der Waals surface area contributed by atoms with Crippen LogP contribution in [0.2, 0.25) is 0 Å². The van der Waals surface area contributed by atoms with Crippen molar-refractivity contribution >= 4 is 0 Å². The molecule has 98 valence electrons. The molecule has 18 heavy (non-hydrogen) atoms. The van der Waals surface area contributed by atoms with E-state index in [0.29, 0.717) is 6.42 Å². The summed E-state index contributed by atoms with van der Waals surface area (Å²) in [6.07, 6.45) is 3.45. The predicted octanol–water partition coefficient (Wildman–Crippen LogP) is 3.90. The maximum Gasteiger partial charge on any atom is 0.416 e. The van der Waals surface area contributed by atoms with Crippen molar-refractivity contribution in [2.24, 2.45) is 0 Å². The summed E-state index contributed by atoms with van der Waals surface area (Å²) in [5, 5.41) is 3.23. The molecule has 0 saturated carbocycles. The number of benzene rings is 1. The fourth-order valence-corrected chi connectivity index (χ4v) is 2.17. The van der Waals surface area contributed by atoms with E-state index in [1.807, 2.05) is 6.20 Å². The van der Waals surface area contributed by atoms with Crippen molar-refractivity contribution in [2.45, 2.75) is 37.9 Å². The number of hydrogen-bond acceptors (Lipinski definition) is 1. The molecule has 4 heteroatoms. The number of allylic oxidation sites excluding steroid dienone is 1. The number of halogens is 3. The molecule has 0 saturated heterocycles. The lowest BCUT2D eigenvalue weighted by Crippen LogP contribution is -2.25. The molecule has 1 heterocycles. The van der Waals surface area contributed by atoms with E-state index in [1.165, 1.54) is 12.1 Å². The van der Waals surface area contributed by atoms with Gasteiger partial charge in [0.05, 0.1) is 5.56 Å². The molecule has 0 spiro atoms. The zero-order valence-corrected chi connectivity index (χ0v) is 10.0. The second-order valence-corrected chi connectivity index (χ2v) is 4.60. The average molecular weight is 255 g/mol. The number of rotatable bonds is 2. The van der Waals surface area contributed by atoms with Crippen LogP contribution in [-0.4, -0.2) is 6.04 Å². The van der Waals surface area contributed by atoms with Gasteiger partial charge in [-0.2, -0.15) is 13.2 Å². The monoisotopic (exact) mass is 255 g/mol. The minimum Gasteiger partial charge on any atom is -0.388 e. The molecule has 0 aliphatic carbocycles. The van der Waals surface area contributed by atoms with Crippen molar-refractivity contribution < 1.29 is 13.2 Å². The molecule has 0 fully saturated rings. The van der Waals surface area contributed by atoms with Gasteiger partial charge in [0.25, 0.3) is 0 Å². The summed E-state index contributed by atoms with van der Waals surface area (Å²) in [4.78, 5) is 0. The Morgan fingerprint density at radius 1 is 1.28 bits per heavy atom. The first kappa shape index (κ1) is 13.0. The summed E-state index contributed by atoms with van der Waals surface area (Å²) in [5.74, 6) is 0.